The lowest BCUT2D eigenvalue weighted by Gasteiger charge is -2.21. The molecule has 4 rings (SSSR count). The van der Waals surface area contributed by atoms with Crippen LogP contribution in [0.2, 0.25) is 0 Å². The van der Waals surface area contributed by atoms with E-state index in [1.165, 1.54) is 48.7 Å². The molecule has 0 spiro atoms. The van der Waals surface area contributed by atoms with Crippen LogP contribution in [-0.2, 0) is 10.0 Å². The molecule has 0 atom stereocenters. The molecule has 0 fully saturated rings. The fraction of sp³-hybridized carbons (Fsp3) is 0.0526. The number of sulfonamides is 1. The van der Waals surface area contributed by atoms with Crippen LogP contribution in [0.5, 0.6) is 11.5 Å². The van der Waals surface area contributed by atoms with Crippen LogP contribution in [0.15, 0.2) is 71.8 Å². The summed E-state index contributed by atoms with van der Waals surface area (Å²) in [6.07, 6.45) is 1.41. The molecule has 1 aliphatic rings. The van der Waals surface area contributed by atoms with Crippen LogP contribution in [0.1, 0.15) is 10.4 Å². The fourth-order valence-electron chi connectivity index (χ4n) is 2.70. The number of carbonyl (C=O) groups excluding carboxylic acids is 1. The lowest BCUT2D eigenvalue weighted by molar-refractivity contribution is 0.100. The molecule has 1 aliphatic heterocycles. The van der Waals surface area contributed by atoms with Gasteiger partial charge < -0.3 is 15.2 Å². The van der Waals surface area contributed by atoms with Crippen molar-refractivity contribution >= 4 is 27.4 Å². The Morgan fingerprint density at radius 2 is 1.75 bits per heavy atom. The maximum Gasteiger partial charge on any atom is 0.273 e. The van der Waals surface area contributed by atoms with Gasteiger partial charge in [-0.3, -0.25) is 4.79 Å². The van der Waals surface area contributed by atoms with Crippen LogP contribution in [-0.4, -0.2) is 26.1 Å². The van der Waals surface area contributed by atoms with E-state index in [0.717, 1.165) is 0 Å². The highest BCUT2D eigenvalue weighted by molar-refractivity contribution is 7.93. The normalized spacial score (nSPS) is 12.6. The van der Waals surface area contributed by atoms with Gasteiger partial charge in [-0.2, -0.15) is 4.31 Å². The summed E-state index contributed by atoms with van der Waals surface area (Å²) in [5.41, 5.74) is 6.17. The first-order chi connectivity index (χ1) is 13.5. The number of anilines is 2. The van der Waals surface area contributed by atoms with Gasteiger partial charge in [-0.05, 0) is 54.6 Å². The molecule has 2 aromatic carbocycles. The van der Waals surface area contributed by atoms with Gasteiger partial charge in [-0.15, -0.1) is 0 Å². The Morgan fingerprint density at radius 1 is 1.00 bits per heavy atom. The van der Waals surface area contributed by atoms with Crippen molar-refractivity contribution in [3.63, 3.8) is 0 Å². The lowest BCUT2D eigenvalue weighted by atomic mass is 10.2. The van der Waals surface area contributed by atoms with Gasteiger partial charge in [-0.25, -0.2) is 13.4 Å². The molecule has 9 heteroatoms. The standard InChI is InChI=1S/C19H15N3O5S/c20-14-5-7-15(8-6-14)28(24,25)22(18-3-1-2-10-21-18)19(23)13-4-9-16-17(11-13)27-12-26-16/h1-11H,12,20H2. The third-order valence-corrected chi connectivity index (χ3v) is 5.78. The average molecular weight is 397 g/mol. The number of hydrogen-bond donors (Lipinski definition) is 1. The van der Waals surface area contributed by atoms with E-state index in [-0.39, 0.29) is 23.1 Å². The molecule has 1 aromatic heterocycles. The molecule has 2 N–H and O–H groups in total. The topological polar surface area (TPSA) is 112 Å². The summed E-state index contributed by atoms with van der Waals surface area (Å²) < 4.78 is 37.7. The number of aromatic nitrogens is 1. The first-order valence-corrected chi connectivity index (χ1v) is 9.67. The number of hydrogen-bond acceptors (Lipinski definition) is 7. The summed E-state index contributed by atoms with van der Waals surface area (Å²) in [6, 6.07) is 14.7. The number of rotatable bonds is 4. The van der Waals surface area contributed by atoms with Crippen LogP contribution >= 0.6 is 0 Å². The second kappa shape index (κ2) is 6.86. The Labute approximate surface area is 161 Å². The zero-order chi connectivity index (χ0) is 19.7. The highest BCUT2D eigenvalue weighted by Gasteiger charge is 2.33. The number of amides is 1. The Morgan fingerprint density at radius 3 is 2.46 bits per heavy atom. The molecular weight excluding hydrogens is 382 g/mol. The van der Waals surface area contributed by atoms with Crippen LogP contribution in [0.3, 0.4) is 0 Å². The first-order valence-electron chi connectivity index (χ1n) is 8.23. The number of fused-ring (bicyclic) bond motifs is 1. The molecule has 2 heterocycles. The minimum absolute atomic E-state index is 0.0259. The third-order valence-electron chi connectivity index (χ3n) is 4.08. The highest BCUT2D eigenvalue weighted by atomic mass is 32.2. The van der Waals surface area contributed by atoms with E-state index < -0.39 is 15.9 Å². The Hall–Kier alpha value is -3.59. The number of nitrogens with zero attached hydrogens (tertiary/aromatic N) is 2. The van der Waals surface area contributed by atoms with Crippen molar-refractivity contribution in [3.8, 4) is 11.5 Å². The molecular formula is C19H15N3O5S. The summed E-state index contributed by atoms with van der Waals surface area (Å²) in [7, 11) is -4.24. The van der Waals surface area contributed by atoms with Gasteiger partial charge >= 0.3 is 0 Å². The van der Waals surface area contributed by atoms with E-state index in [4.69, 9.17) is 15.2 Å². The van der Waals surface area contributed by atoms with Crippen LogP contribution in [0, 0.1) is 0 Å². The SMILES string of the molecule is Nc1ccc(S(=O)(=O)N(C(=O)c2ccc3c(c2)OCO3)c2ccccn2)cc1. The van der Waals surface area contributed by atoms with Gasteiger partial charge in [0.05, 0.1) is 4.90 Å². The first kappa shape index (κ1) is 17.8. The molecule has 8 nitrogen and oxygen atoms in total. The molecule has 142 valence electrons. The Kier molecular flexibility index (Phi) is 4.36. The van der Waals surface area contributed by atoms with Crippen molar-refractivity contribution in [1.82, 2.24) is 4.98 Å². The smallest absolute Gasteiger partial charge is 0.273 e. The second-order valence-corrected chi connectivity index (χ2v) is 7.69. The van der Waals surface area contributed by atoms with Crippen LogP contribution in [0.4, 0.5) is 11.5 Å². The Bertz CT molecular complexity index is 1130. The van der Waals surface area contributed by atoms with Crippen molar-refractivity contribution < 1.29 is 22.7 Å². The van der Waals surface area contributed by atoms with Crippen LogP contribution in [0.25, 0.3) is 0 Å². The van der Waals surface area contributed by atoms with Gasteiger partial charge in [-0.1, -0.05) is 6.07 Å². The van der Waals surface area contributed by atoms with Crippen molar-refractivity contribution in [2.45, 2.75) is 4.90 Å². The molecule has 0 radical (unpaired) electrons. The number of benzene rings is 2. The minimum Gasteiger partial charge on any atom is -0.454 e. The number of pyridine rings is 1. The predicted octanol–water partition coefficient (Wildman–Crippen LogP) is 2.43. The van der Waals surface area contributed by atoms with E-state index in [1.807, 2.05) is 0 Å². The van der Waals surface area contributed by atoms with Gasteiger partial charge in [0.25, 0.3) is 15.9 Å². The molecule has 28 heavy (non-hydrogen) atoms. The molecule has 0 unspecified atom stereocenters. The zero-order valence-electron chi connectivity index (χ0n) is 14.5. The van der Waals surface area contributed by atoms with Crippen LogP contribution < -0.4 is 19.5 Å². The van der Waals surface area contributed by atoms with Gasteiger partial charge in [0.2, 0.25) is 6.79 Å². The molecule has 0 aliphatic carbocycles. The maximum absolute atomic E-state index is 13.3. The minimum atomic E-state index is -4.24. The summed E-state index contributed by atoms with van der Waals surface area (Å²) >= 11 is 0. The van der Waals surface area contributed by atoms with Crippen molar-refractivity contribution in [2.24, 2.45) is 0 Å². The molecule has 0 saturated carbocycles. The van der Waals surface area contributed by atoms with E-state index in [0.29, 0.717) is 21.5 Å². The summed E-state index contributed by atoms with van der Waals surface area (Å²) in [5, 5.41) is 0. The number of nitrogens with two attached hydrogens (primary N) is 1. The predicted molar refractivity (Wildman–Crippen MR) is 102 cm³/mol. The highest BCUT2D eigenvalue weighted by Crippen LogP contribution is 2.34. The van der Waals surface area contributed by atoms with E-state index in [9.17, 15) is 13.2 Å². The van der Waals surface area contributed by atoms with Gasteiger partial charge in [0.1, 0.15) is 0 Å². The zero-order valence-corrected chi connectivity index (χ0v) is 15.3. The second-order valence-electron chi connectivity index (χ2n) is 5.90. The van der Waals surface area contributed by atoms with Crippen molar-refractivity contribution in [2.75, 3.05) is 16.8 Å². The summed E-state index contributed by atoms with van der Waals surface area (Å²) in [5.74, 6) is 0.0647. The van der Waals surface area contributed by atoms with Gasteiger partial charge in [0, 0.05) is 17.4 Å². The fourth-order valence-corrected chi connectivity index (χ4v) is 4.07. The molecule has 0 bridgehead atoms. The quantitative estimate of drug-likeness (QED) is 0.673. The van der Waals surface area contributed by atoms with E-state index >= 15 is 0 Å². The largest absolute Gasteiger partial charge is 0.454 e. The Balaban J connectivity index is 1.82. The lowest BCUT2D eigenvalue weighted by Crippen LogP contribution is -2.37. The number of ether oxygens (including phenoxy) is 2. The molecule has 0 saturated heterocycles. The summed E-state index contributed by atoms with van der Waals surface area (Å²) in [6.45, 7) is 0.0423. The third kappa shape index (κ3) is 3.12. The molecule has 3 aromatic rings. The van der Waals surface area contributed by atoms with Gasteiger partial charge in [0.15, 0.2) is 17.3 Å². The average Bonchev–Trinajstić information content (AvgIpc) is 3.17. The van der Waals surface area contributed by atoms with E-state index in [1.54, 1.807) is 18.2 Å². The monoisotopic (exact) mass is 397 g/mol. The summed E-state index contributed by atoms with van der Waals surface area (Å²) in [4.78, 5) is 17.2. The number of nitrogen functional groups attached to an aromatic ring is 1. The van der Waals surface area contributed by atoms with E-state index in [2.05, 4.69) is 4.98 Å². The van der Waals surface area contributed by atoms with Crippen molar-refractivity contribution in [1.29, 1.82) is 0 Å². The maximum atomic E-state index is 13.3. The number of carbonyl (C=O) groups is 1. The van der Waals surface area contributed by atoms with Crippen molar-refractivity contribution in [3.05, 3.63) is 72.4 Å². The molecule has 1 amide bonds.